The molecule has 0 radical (unpaired) electrons. The molecule has 0 fully saturated rings. The van der Waals surface area contributed by atoms with Gasteiger partial charge in [-0.3, -0.25) is 9.59 Å². The molecule has 4 heteroatoms. The molecule has 0 aromatic rings. The molecule has 0 amide bonds. The molecule has 0 aliphatic heterocycles. The highest BCUT2D eigenvalue weighted by molar-refractivity contribution is 5.69. The Balaban J connectivity index is 3.27. The van der Waals surface area contributed by atoms with E-state index in [9.17, 15) is 9.59 Å². The number of hydrogen-bond acceptors (Lipinski definition) is 3. The number of esters is 1. The maximum Gasteiger partial charge on any atom is 0.306 e. The average Bonchev–Trinajstić information content (AvgIpc) is 2.31. The van der Waals surface area contributed by atoms with Gasteiger partial charge in [-0.2, -0.15) is 0 Å². The summed E-state index contributed by atoms with van der Waals surface area (Å²) in [5.41, 5.74) is 1.15. The molecule has 0 bridgehead atoms. The first kappa shape index (κ1) is 17.7. The van der Waals surface area contributed by atoms with E-state index in [0.717, 1.165) is 44.1 Å². The lowest BCUT2D eigenvalue weighted by Gasteiger charge is -2.03. The second kappa shape index (κ2) is 11.8. The van der Waals surface area contributed by atoms with Gasteiger partial charge in [0.1, 0.15) is 6.61 Å². The summed E-state index contributed by atoms with van der Waals surface area (Å²) < 4.78 is 5.04. The second-order valence-electron chi connectivity index (χ2n) is 4.98. The van der Waals surface area contributed by atoms with Crippen LogP contribution >= 0.6 is 0 Å². The summed E-state index contributed by atoms with van der Waals surface area (Å²) in [5, 5.41) is 8.46. The van der Waals surface area contributed by atoms with Crippen molar-refractivity contribution in [3.63, 3.8) is 0 Å². The Kier molecular flexibility index (Phi) is 10.9. The predicted molar refractivity (Wildman–Crippen MR) is 75.0 cm³/mol. The standard InChI is InChI=1S/C15H26O4/c1-13(2)11-12-19-15(18)10-8-6-4-3-5-7-9-14(16)17/h11H,3-10,12H2,1-2H3,(H,16,17). The number of carbonyl (C=O) groups excluding carboxylic acids is 1. The minimum atomic E-state index is -0.723. The smallest absolute Gasteiger partial charge is 0.306 e. The normalized spacial score (nSPS) is 10.0. The maximum atomic E-state index is 11.3. The molecule has 0 spiro atoms. The zero-order valence-electron chi connectivity index (χ0n) is 12.1. The number of allylic oxidation sites excluding steroid dienone is 1. The fourth-order valence-electron chi connectivity index (χ4n) is 1.63. The first-order valence-corrected chi connectivity index (χ1v) is 7.03. The van der Waals surface area contributed by atoms with Gasteiger partial charge in [0.15, 0.2) is 0 Å². The molecule has 1 N–H and O–H groups in total. The third-order valence-electron chi connectivity index (χ3n) is 2.76. The van der Waals surface area contributed by atoms with Crippen LogP contribution in [0.1, 0.15) is 65.2 Å². The average molecular weight is 270 g/mol. The minimum Gasteiger partial charge on any atom is -0.481 e. The van der Waals surface area contributed by atoms with Crippen molar-refractivity contribution < 1.29 is 19.4 Å². The second-order valence-corrected chi connectivity index (χ2v) is 4.98. The Labute approximate surface area is 115 Å². The van der Waals surface area contributed by atoms with Crippen LogP contribution in [-0.4, -0.2) is 23.7 Å². The maximum absolute atomic E-state index is 11.3. The number of carboxylic acids is 1. The highest BCUT2D eigenvalue weighted by atomic mass is 16.5. The molecule has 0 rings (SSSR count). The predicted octanol–water partition coefficient (Wildman–Crippen LogP) is 3.70. The van der Waals surface area contributed by atoms with Crippen molar-refractivity contribution in [2.45, 2.75) is 65.2 Å². The molecule has 0 unspecified atom stereocenters. The van der Waals surface area contributed by atoms with Crippen LogP contribution in [0.25, 0.3) is 0 Å². The van der Waals surface area contributed by atoms with E-state index in [1.165, 1.54) is 0 Å². The van der Waals surface area contributed by atoms with E-state index < -0.39 is 5.97 Å². The van der Waals surface area contributed by atoms with E-state index in [1.807, 2.05) is 19.9 Å². The zero-order valence-corrected chi connectivity index (χ0v) is 12.1. The summed E-state index contributed by atoms with van der Waals surface area (Å²) in [4.78, 5) is 21.6. The first-order chi connectivity index (χ1) is 9.02. The zero-order chi connectivity index (χ0) is 14.5. The molecule has 0 aliphatic carbocycles. The van der Waals surface area contributed by atoms with Crippen LogP contribution in [0.5, 0.6) is 0 Å². The van der Waals surface area contributed by atoms with Crippen LogP contribution in [0.3, 0.4) is 0 Å². The van der Waals surface area contributed by atoms with Gasteiger partial charge in [-0.05, 0) is 32.8 Å². The number of ether oxygens (including phenoxy) is 1. The van der Waals surface area contributed by atoms with Crippen molar-refractivity contribution in [1.82, 2.24) is 0 Å². The van der Waals surface area contributed by atoms with E-state index in [2.05, 4.69) is 0 Å². The molecule has 0 heterocycles. The van der Waals surface area contributed by atoms with Crippen molar-refractivity contribution in [3.8, 4) is 0 Å². The Morgan fingerprint density at radius 1 is 0.947 bits per heavy atom. The summed E-state index contributed by atoms with van der Waals surface area (Å²) >= 11 is 0. The highest BCUT2D eigenvalue weighted by Gasteiger charge is 2.01. The Hall–Kier alpha value is -1.32. The molecule has 0 saturated carbocycles. The Morgan fingerprint density at radius 3 is 2.00 bits per heavy atom. The highest BCUT2D eigenvalue weighted by Crippen LogP contribution is 2.09. The number of carbonyl (C=O) groups is 2. The minimum absolute atomic E-state index is 0.136. The van der Waals surface area contributed by atoms with E-state index in [0.29, 0.717) is 13.0 Å². The van der Waals surface area contributed by atoms with Gasteiger partial charge in [0.25, 0.3) is 0 Å². The lowest BCUT2D eigenvalue weighted by molar-refractivity contribution is -0.142. The van der Waals surface area contributed by atoms with Crippen LogP contribution in [0.15, 0.2) is 11.6 Å². The Bertz CT molecular complexity index is 291. The van der Waals surface area contributed by atoms with E-state index in [-0.39, 0.29) is 12.4 Å². The topological polar surface area (TPSA) is 63.6 Å². The van der Waals surface area contributed by atoms with Crippen molar-refractivity contribution in [2.24, 2.45) is 0 Å². The van der Waals surface area contributed by atoms with Crippen LogP contribution in [0, 0.1) is 0 Å². The van der Waals surface area contributed by atoms with E-state index in [1.54, 1.807) is 0 Å². The third-order valence-corrected chi connectivity index (χ3v) is 2.76. The van der Waals surface area contributed by atoms with Gasteiger partial charge in [0.2, 0.25) is 0 Å². The van der Waals surface area contributed by atoms with Crippen LogP contribution in [-0.2, 0) is 14.3 Å². The quantitative estimate of drug-likeness (QED) is 0.353. The van der Waals surface area contributed by atoms with Crippen LogP contribution in [0.4, 0.5) is 0 Å². The van der Waals surface area contributed by atoms with Crippen molar-refractivity contribution in [1.29, 1.82) is 0 Å². The lowest BCUT2D eigenvalue weighted by atomic mass is 10.1. The van der Waals surface area contributed by atoms with Gasteiger partial charge >= 0.3 is 11.9 Å². The SMILES string of the molecule is CC(C)=CCOC(=O)CCCCCCCCC(=O)O. The fraction of sp³-hybridized carbons (Fsp3) is 0.733. The molecule has 0 aliphatic rings. The number of hydrogen-bond donors (Lipinski definition) is 1. The summed E-state index contributed by atoms with van der Waals surface area (Å²) in [6.45, 7) is 4.31. The summed E-state index contributed by atoms with van der Waals surface area (Å²) in [5.74, 6) is -0.859. The van der Waals surface area contributed by atoms with Crippen LogP contribution < -0.4 is 0 Å². The number of aliphatic carboxylic acids is 1. The molecule has 4 nitrogen and oxygen atoms in total. The van der Waals surface area contributed by atoms with Gasteiger partial charge in [-0.1, -0.05) is 31.3 Å². The molecular formula is C15H26O4. The van der Waals surface area contributed by atoms with Crippen LogP contribution in [0.2, 0.25) is 0 Å². The van der Waals surface area contributed by atoms with Crippen molar-refractivity contribution in [3.05, 3.63) is 11.6 Å². The first-order valence-electron chi connectivity index (χ1n) is 7.03. The van der Waals surface area contributed by atoms with Gasteiger partial charge < -0.3 is 9.84 Å². The summed E-state index contributed by atoms with van der Waals surface area (Å²) in [6, 6.07) is 0. The number of carboxylic acid groups (broad SMARTS) is 1. The molecule has 0 aromatic carbocycles. The summed E-state index contributed by atoms with van der Waals surface area (Å²) in [6.07, 6.45) is 8.29. The van der Waals surface area contributed by atoms with Gasteiger partial charge in [-0.15, -0.1) is 0 Å². The molecular weight excluding hydrogens is 244 g/mol. The van der Waals surface area contributed by atoms with E-state index >= 15 is 0 Å². The summed E-state index contributed by atoms with van der Waals surface area (Å²) in [7, 11) is 0. The molecule has 0 atom stereocenters. The number of unbranched alkanes of at least 4 members (excludes halogenated alkanes) is 5. The molecule has 19 heavy (non-hydrogen) atoms. The van der Waals surface area contributed by atoms with Gasteiger partial charge in [-0.25, -0.2) is 0 Å². The fourth-order valence-corrected chi connectivity index (χ4v) is 1.63. The molecule has 0 saturated heterocycles. The van der Waals surface area contributed by atoms with Gasteiger partial charge in [0, 0.05) is 12.8 Å². The Morgan fingerprint density at radius 2 is 1.47 bits per heavy atom. The largest absolute Gasteiger partial charge is 0.481 e. The van der Waals surface area contributed by atoms with Crippen molar-refractivity contribution >= 4 is 11.9 Å². The third kappa shape index (κ3) is 14.6. The number of rotatable bonds is 11. The molecule has 0 aromatic heterocycles. The van der Waals surface area contributed by atoms with E-state index in [4.69, 9.17) is 9.84 Å². The van der Waals surface area contributed by atoms with Gasteiger partial charge in [0.05, 0.1) is 0 Å². The van der Waals surface area contributed by atoms with Crippen molar-refractivity contribution in [2.75, 3.05) is 6.61 Å². The molecule has 110 valence electrons. The monoisotopic (exact) mass is 270 g/mol. The lowest BCUT2D eigenvalue weighted by Crippen LogP contribution is -2.04.